The zero-order chi connectivity index (χ0) is 10.6. The molecule has 1 amide bonds. The maximum Gasteiger partial charge on any atom is 0.224 e. The van der Waals surface area contributed by atoms with Gasteiger partial charge < -0.3 is 10.1 Å². The molecule has 0 radical (unpaired) electrons. The molecule has 1 aromatic rings. The summed E-state index contributed by atoms with van der Waals surface area (Å²) in [6, 6.07) is 5.62. The van der Waals surface area contributed by atoms with E-state index in [-0.39, 0.29) is 5.91 Å². The summed E-state index contributed by atoms with van der Waals surface area (Å²) in [7, 11) is 1.61. The topological polar surface area (TPSA) is 38.3 Å². The normalized spacial score (nSPS) is 9.64. The Kier molecular flexibility index (Phi) is 3.51. The van der Waals surface area contributed by atoms with Gasteiger partial charge in [-0.2, -0.15) is 0 Å². The molecule has 0 spiro atoms. The van der Waals surface area contributed by atoms with Crippen LogP contribution in [0.1, 0.15) is 18.9 Å². The van der Waals surface area contributed by atoms with Crippen molar-refractivity contribution in [1.82, 2.24) is 0 Å². The van der Waals surface area contributed by atoms with Gasteiger partial charge in [0.2, 0.25) is 5.91 Å². The molecule has 3 heteroatoms. The zero-order valence-corrected chi connectivity index (χ0v) is 8.76. The molecule has 0 bridgehead atoms. The molecular weight excluding hydrogens is 178 g/mol. The SMILES string of the molecule is CCC(=O)Nc1cc(OC)ccc1C. The second-order valence-corrected chi connectivity index (χ2v) is 3.08. The van der Waals surface area contributed by atoms with Crippen LogP contribution in [0.5, 0.6) is 5.75 Å². The smallest absolute Gasteiger partial charge is 0.224 e. The Labute approximate surface area is 84.1 Å². The number of benzene rings is 1. The van der Waals surface area contributed by atoms with E-state index in [1.165, 1.54) is 0 Å². The first-order valence-corrected chi connectivity index (χ1v) is 4.62. The number of rotatable bonds is 3. The lowest BCUT2D eigenvalue weighted by atomic mass is 10.2. The molecule has 14 heavy (non-hydrogen) atoms. The van der Waals surface area contributed by atoms with Crippen molar-refractivity contribution in [2.75, 3.05) is 12.4 Å². The molecule has 0 heterocycles. The quantitative estimate of drug-likeness (QED) is 0.800. The van der Waals surface area contributed by atoms with E-state index in [9.17, 15) is 4.79 Å². The van der Waals surface area contributed by atoms with Crippen molar-refractivity contribution in [2.24, 2.45) is 0 Å². The van der Waals surface area contributed by atoms with Crippen molar-refractivity contribution in [1.29, 1.82) is 0 Å². The summed E-state index contributed by atoms with van der Waals surface area (Å²) < 4.78 is 5.07. The third-order valence-electron chi connectivity index (χ3n) is 2.04. The van der Waals surface area contributed by atoms with Crippen LogP contribution in [0, 0.1) is 6.92 Å². The van der Waals surface area contributed by atoms with Gasteiger partial charge in [-0.1, -0.05) is 13.0 Å². The standard InChI is InChI=1S/C11H15NO2/c1-4-11(13)12-10-7-9(14-3)6-5-8(10)2/h5-7H,4H2,1-3H3,(H,12,13). The molecule has 76 valence electrons. The molecule has 1 rings (SSSR count). The Bertz CT molecular complexity index is 334. The van der Waals surface area contributed by atoms with Crippen LogP contribution < -0.4 is 10.1 Å². The first-order valence-electron chi connectivity index (χ1n) is 4.62. The molecular formula is C11H15NO2. The van der Waals surface area contributed by atoms with Crippen molar-refractivity contribution >= 4 is 11.6 Å². The molecule has 0 unspecified atom stereocenters. The average Bonchev–Trinajstić information content (AvgIpc) is 2.21. The van der Waals surface area contributed by atoms with Gasteiger partial charge >= 0.3 is 0 Å². The van der Waals surface area contributed by atoms with Gasteiger partial charge in [0.1, 0.15) is 5.75 Å². The molecule has 1 aromatic carbocycles. The third-order valence-corrected chi connectivity index (χ3v) is 2.04. The highest BCUT2D eigenvalue weighted by molar-refractivity contribution is 5.91. The summed E-state index contributed by atoms with van der Waals surface area (Å²) in [5.74, 6) is 0.767. The highest BCUT2D eigenvalue weighted by Gasteiger charge is 2.03. The number of nitrogens with one attached hydrogen (secondary N) is 1. The van der Waals surface area contributed by atoms with Crippen LogP contribution >= 0.6 is 0 Å². The highest BCUT2D eigenvalue weighted by atomic mass is 16.5. The largest absolute Gasteiger partial charge is 0.497 e. The van der Waals surface area contributed by atoms with E-state index in [2.05, 4.69) is 5.32 Å². The van der Waals surface area contributed by atoms with Crippen LogP contribution in [0.25, 0.3) is 0 Å². The Morgan fingerprint density at radius 1 is 1.50 bits per heavy atom. The molecule has 0 atom stereocenters. The number of hydrogen-bond donors (Lipinski definition) is 1. The van der Waals surface area contributed by atoms with Crippen LogP contribution in [0.4, 0.5) is 5.69 Å². The van der Waals surface area contributed by atoms with Crippen molar-refractivity contribution in [3.8, 4) is 5.75 Å². The minimum atomic E-state index is 0.0151. The lowest BCUT2D eigenvalue weighted by Crippen LogP contribution is -2.10. The summed E-state index contributed by atoms with van der Waals surface area (Å²) in [4.78, 5) is 11.2. The average molecular weight is 193 g/mol. The van der Waals surface area contributed by atoms with E-state index in [1.54, 1.807) is 7.11 Å². The zero-order valence-electron chi connectivity index (χ0n) is 8.76. The number of methoxy groups -OCH3 is 1. The van der Waals surface area contributed by atoms with Crippen molar-refractivity contribution in [3.63, 3.8) is 0 Å². The minimum absolute atomic E-state index is 0.0151. The third kappa shape index (κ3) is 2.49. The van der Waals surface area contributed by atoms with Crippen molar-refractivity contribution in [3.05, 3.63) is 23.8 Å². The molecule has 3 nitrogen and oxygen atoms in total. The van der Waals surface area contributed by atoms with Gasteiger partial charge in [-0.3, -0.25) is 4.79 Å². The van der Waals surface area contributed by atoms with Gasteiger partial charge in [0.25, 0.3) is 0 Å². The van der Waals surface area contributed by atoms with E-state index < -0.39 is 0 Å². The maximum atomic E-state index is 11.2. The van der Waals surface area contributed by atoms with Crippen LogP contribution in [0.2, 0.25) is 0 Å². The fourth-order valence-corrected chi connectivity index (χ4v) is 1.10. The molecule has 0 aliphatic carbocycles. The van der Waals surface area contributed by atoms with Crippen LogP contribution in [-0.4, -0.2) is 13.0 Å². The van der Waals surface area contributed by atoms with Gasteiger partial charge in [0, 0.05) is 18.2 Å². The summed E-state index contributed by atoms with van der Waals surface area (Å²) >= 11 is 0. The summed E-state index contributed by atoms with van der Waals surface area (Å²) in [5, 5.41) is 2.82. The van der Waals surface area contributed by atoms with Crippen LogP contribution in [0.15, 0.2) is 18.2 Å². The van der Waals surface area contributed by atoms with Gasteiger partial charge in [0.15, 0.2) is 0 Å². The van der Waals surface area contributed by atoms with E-state index in [1.807, 2.05) is 32.0 Å². The van der Waals surface area contributed by atoms with E-state index in [0.717, 1.165) is 17.0 Å². The number of carbonyl (C=O) groups is 1. The Hall–Kier alpha value is -1.51. The van der Waals surface area contributed by atoms with E-state index >= 15 is 0 Å². The summed E-state index contributed by atoms with van der Waals surface area (Å²) in [5.41, 5.74) is 1.85. The van der Waals surface area contributed by atoms with Gasteiger partial charge in [0.05, 0.1) is 7.11 Å². The Morgan fingerprint density at radius 2 is 2.21 bits per heavy atom. The molecule has 0 aliphatic heterocycles. The molecule has 0 saturated carbocycles. The minimum Gasteiger partial charge on any atom is -0.497 e. The first-order chi connectivity index (χ1) is 6.67. The highest BCUT2D eigenvalue weighted by Crippen LogP contribution is 2.21. The molecule has 0 fully saturated rings. The fourth-order valence-electron chi connectivity index (χ4n) is 1.10. The second-order valence-electron chi connectivity index (χ2n) is 3.08. The predicted molar refractivity (Wildman–Crippen MR) is 56.7 cm³/mol. The predicted octanol–water partition coefficient (Wildman–Crippen LogP) is 2.35. The fraction of sp³-hybridized carbons (Fsp3) is 0.364. The van der Waals surface area contributed by atoms with Gasteiger partial charge in [-0.15, -0.1) is 0 Å². The molecule has 0 saturated heterocycles. The summed E-state index contributed by atoms with van der Waals surface area (Å²) in [6.07, 6.45) is 0.483. The number of amides is 1. The first kappa shape index (κ1) is 10.6. The molecule has 0 aromatic heterocycles. The van der Waals surface area contributed by atoms with Crippen LogP contribution in [-0.2, 0) is 4.79 Å². The number of ether oxygens (including phenoxy) is 1. The molecule has 1 N–H and O–H groups in total. The second kappa shape index (κ2) is 4.65. The number of carbonyl (C=O) groups excluding carboxylic acids is 1. The van der Waals surface area contributed by atoms with Gasteiger partial charge in [-0.05, 0) is 18.6 Å². The maximum absolute atomic E-state index is 11.2. The number of hydrogen-bond acceptors (Lipinski definition) is 2. The van der Waals surface area contributed by atoms with Crippen molar-refractivity contribution < 1.29 is 9.53 Å². The lowest BCUT2D eigenvalue weighted by Gasteiger charge is -2.09. The van der Waals surface area contributed by atoms with Gasteiger partial charge in [-0.25, -0.2) is 0 Å². The van der Waals surface area contributed by atoms with E-state index in [4.69, 9.17) is 4.74 Å². The van der Waals surface area contributed by atoms with Crippen LogP contribution in [0.3, 0.4) is 0 Å². The number of aryl methyl sites for hydroxylation is 1. The van der Waals surface area contributed by atoms with E-state index in [0.29, 0.717) is 6.42 Å². The lowest BCUT2D eigenvalue weighted by molar-refractivity contribution is -0.115. The Balaban J connectivity index is 2.89. The Morgan fingerprint density at radius 3 is 2.79 bits per heavy atom. The van der Waals surface area contributed by atoms with Crippen molar-refractivity contribution in [2.45, 2.75) is 20.3 Å². The molecule has 0 aliphatic rings. The monoisotopic (exact) mass is 193 g/mol. The number of anilines is 1. The summed E-state index contributed by atoms with van der Waals surface area (Å²) in [6.45, 7) is 3.77.